The monoisotopic (exact) mass is 258 g/mol. The van der Waals surface area contributed by atoms with E-state index in [2.05, 4.69) is 20.6 Å². The van der Waals surface area contributed by atoms with Gasteiger partial charge in [0.25, 0.3) is 5.91 Å². The third-order valence-electron chi connectivity index (χ3n) is 2.77. The number of aromatic nitrogens is 2. The fourth-order valence-electron chi connectivity index (χ4n) is 1.76. The maximum absolute atomic E-state index is 11.9. The Hall–Kier alpha value is -2.01. The summed E-state index contributed by atoms with van der Waals surface area (Å²) in [5.41, 5.74) is 3.03. The van der Waals surface area contributed by atoms with Crippen LogP contribution in [0.15, 0.2) is 24.4 Å². The molecule has 0 saturated heterocycles. The first-order valence-electron chi connectivity index (χ1n) is 6.43. The third kappa shape index (κ3) is 3.48. The maximum atomic E-state index is 11.9. The lowest BCUT2D eigenvalue weighted by Crippen LogP contribution is -2.32. The van der Waals surface area contributed by atoms with Crippen LogP contribution in [0.25, 0.3) is 11.0 Å². The van der Waals surface area contributed by atoms with Gasteiger partial charge < -0.3 is 10.6 Å². The van der Waals surface area contributed by atoms with E-state index in [0.717, 1.165) is 29.7 Å². The van der Waals surface area contributed by atoms with E-state index in [9.17, 15) is 4.79 Å². The molecule has 1 aromatic carbocycles. The second-order valence-electron chi connectivity index (χ2n) is 4.36. The van der Waals surface area contributed by atoms with E-state index in [1.165, 1.54) is 6.20 Å². The summed E-state index contributed by atoms with van der Waals surface area (Å²) in [6.07, 6.45) is 1.52. The quantitative estimate of drug-likeness (QED) is 0.793. The summed E-state index contributed by atoms with van der Waals surface area (Å²) in [5, 5.41) is 5.95. The Bertz CT molecular complexity index is 583. The van der Waals surface area contributed by atoms with Crippen molar-refractivity contribution in [2.75, 3.05) is 19.6 Å². The zero-order valence-corrected chi connectivity index (χ0v) is 11.2. The van der Waals surface area contributed by atoms with Gasteiger partial charge in [-0.05, 0) is 31.2 Å². The molecular formula is C14H18N4O. The molecule has 0 bridgehead atoms. The number of fused-ring (bicyclic) bond motifs is 1. The van der Waals surface area contributed by atoms with Crippen molar-refractivity contribution >= 4 is 16.9 Å². The molecule has 19 heavy (non-hydrogen) atoms. The number of amides is 1. The Morgan fingerprint density at radius 1 is 1.26 bits per heavy atom. The zero-order chi connectivity index (χ0) is 13.7. The molecule has 1 heterocycles. The standard InChI is InChI=1S/C14H18N4O/c1-3-15-6-7-16-14(19)13-9-17-12-8-10(2)4-5-11(12)18-13/h4-5,8-9,15H,3,6-7H2,1-2H3,(H,16,19). The molecular weight excluding hydrogens is 240 g/mol. The van der Waals surface area contributed by atoms with E-state index >= 15 is 0 Å². The first kappa shape index (κ1) is 13.4. The van der Waals surface area contributed by atoms with Gasteiger partial charge in [-0.2, -0.15) is 0 Å². The Labute approximate surface area is 112 Å². The van der Waals surface area contributed by atoms with Crippen LogP contribution in [0, 0.1) is 6.92 Å². The highest BCUT2D eigenvalue weighted by atomic mass is 16.1. The highest BCUT2D eigenvalue weighted by Crippen LogP contribution is 2.11. The number of hydrogen-bond donors (Lipinski definition) is 2. The number of hydrogen-bond acceptors (Lipinski definition) is 4. The number of nitrogens with one attached hydrogen (secondary N) is 2. The molecule has 0 aliphatic heterocycles. The topological polar surface area (TPSA) is 66.9 Å². The minimum atomic E-state index is -0.187. The van der Waals surface area contributed by atoms with Crippen LogP contribution in [-0.2, 0) is 0 Å². The van der Waals surface area contributed by atoms with Crippen molar-refractivity contribution in [3.63, 3.8) is 0 Å². The molecule has 0 aliphatic rings. The van der Waals surface area contributed by atoms with Gasteiger partial charge in [0.1, 0.15) is 5.69 Å². The molecule has 2 rings (SSSR count). The molecule has 0 fully saturated rings. The normalized spacial score (nSPS) is 10.6. The number of carbonyl (C=O) groups excluding carboxylic acids is 1. The van der Waals surface area contributed by atoms with Crippen LogP contribution in [-0.4, -0.2) is 35.5 Å². The Morgan fingerprint density at radius 3 is 2.89 bits per heavy atom. The highest BCUT2D eigenvalue weighted by molar-refractivity contribution is 5.93. The fraction of sp³-hybridized carbons (Fsp3) is 0.357. The molecule has 0 atom stereocenters. The zero-order valence-electron chi connectivity index (χ0n) is 11.2. The minimum Gasteiger partial charge on any atom is -0.349 e. The van der Waals surface area contributed by atoms with Gasteiger partial charge >= 0.3 is 0 Å². The van der Waals surface area contributed by atoms with Crippen molar-refractivity contribution in [1.29, 1.82) is 0 Å². The Morgan fingerprint density at radius 2 is 2.11 bits per heavy atom. The predicted molar refractivity (Wildman–Crippen MR) is 75.2 cm³/mol. The summed E-state index contributed by atoms with van der Waals surface area (Å²) in [6.45, 7) is 6.26. The Balaban J connectivity index is 2.08. The van der Waals surface area contributed by atoms with Crippen molar-refractivity contribution in [2.24, 2.45) is 0 Å². The van der Waals surface area contributed by atoms with E-state index < -0.39 is 0 Å². The third-order valence-corrected chi connectivity index (χ3v) is 2.77. The highest BCUT2D eigenvalue weighted by Gasteiger charge is 2.08. The van der Waals surface area contributed by atoms with Crippen LogP contribution in [0.2, 0.25) is 0 Å². The van der Waals surface area contributed by atoms with E-state index in [-0.39, 0.29) is 5.91 Å². The van der Waals surface area contributed by atoms with E-state index in [4.69, 9.17) is 0 Å². The second kappa shape index (κ2) is 6.24. The van der Waals surface area contributed by atoms with E-state index in [1.807, 2.05) is 32.0 Å². The molecule has 5 nitrogen and oxygen atoms in total. The van der Waals surface area contributed by atoms with Crippen LogP contribution in [0.3, 0.4) is 0 Å². The molecule has 100 valence electrons. The molecule has 0 radical (unpaired) electrons. The van der Waals surface area contributed by atoms with Crippen LogP contribution in [0.4, 0.5) is 0 Å². The smallest absolute Gasteiger partial charge is 0.271 e. The van der Waals surface area contributed by atoms with Crippen molar-refractivity contribution < 1.29 is 4.79 Å². The molecule has 0 aliphatic carbocycles. The number of nitrogens with zero attached hydrogens (tertiary/aromatic N) is 2. The van der Waals surface area contributed by atoms with Gasteiger partial charge in [0.15, 0.2) is 0 Å². The average molecular weight is 258 g/mol. The van der Waals surface area contributed by atoms with Crippen molar-refractivity contribution in [1.82, 2.24) is 20.6 Å². The van der Waals surface area contributed by atoms with Crippen LogP contribution >= 0.6 is 0 Å². The van der Waals surface area contributed by atoms with Crippen LogP contribution < -0.4 is 10.6 Å². The minimum absolute atomic E-state index is 0.187. The molecule has 2 N–H and O–H groups in total. The number of aryl methyl sites for hydroxylation is 1. The number of rotatable bonds is 5. The summed E-state index contributed by atoms with van der Waals surface area (Å²) >= 11 is 0. The fourth-order valence-corrected chi connectivity index (χ4v) is 1.76. The predicted octanol–water partition coefficient (Wildman–Crippen LogP) is 1.28. The molecule has 2 aromatic rings. The Kier molecular flexibility index (Phi) is 4.41. The SMILES string of the molecule is CCNCCNC(=O)c1cnc2cc(C)ccc2n1. The summed E-state index contributed by atoms with van der Waals surface area (Å²) in [6, 6.07) is 5.80. The summed E-state index contributed by atoms with van der Waals surface area (Å²) in [4.78, 5) is 20.5. The summed E-state index contributed by atoms with van der Waals surface area (Å²) in [5.74, 6) is -0.187. The van der Waals surface area contributed by atoms with Gasteiger partial charge in [0.05, 0.1) is 17.2 Å². The van der Waals surface area contributed by atoms with Crippen molar-refractivity contribution in [3.05, 3.63) is 35.7 Å². The lowest BCUT2D eigenvalue weighted by molar-refractivity contribution is 0.0949. The van der Waals surface area contributed by atoms with Gasteiger partial charge in [0, 0.05) is 13.1 Å². The van der Waals surface area contributed by atoms with E-state index in [1.54, 1.807) is 0 Å². The van der Waals surface area contributed by atoms with Gasteiger partial charge in [-0.25, -0.2) is 4.98 Å². The molecule has 1 amide bonds. The van der Waals surface area contributed by atoms with Gasteiger partial charge in [-0.15, -0.1) is 0 Å². The van der Waals surface area contributed by atoms with Crippen LogP contribution in [0.5, 0.6) is 0 Å². The largest absolute Gasteiger partial charge is 0.349 e. The lowest BCUT2D eigenvalue weighted by atomic mass is 10.2. The van der Waals surface area contributed by atoms with E-state index in [0.29, 0.717) is 12.2 Å². The van der Waals surface area contributed by atoms with Crippen molar-refractivity contribution in [2.45, 2.75) is 13.8 Å². The summed E-state index contributed by atoms with van der Waals surface area (Å²) in [7, 11) is 0. The van der Waals surface area contributed by atoms with Gasteiger partial charge in [-0.3, -0.25) is 9.78 Å². The van der Waals surface area contributed by atoms with Crippen LogP contribution in [0.1, 0.15) is 23.0 Å². The molecule has 1 aromatic heterocycles. The van der Waals surface area contributed by atoms with Gasteiger partial charge in [-0.1, -0.05) is 13.0 Å². The molecule has 0 saturated carbocycles. The second-order valence-corrected chi connectivity index (χ2v) is 4.36. The number of carbonyl (C=O) groups is 1. The van der Waals surface area contributed by atoms with Crippen molar-refractivity contribution in [3.8, 4) is 0 Å². The molecule has 0 unspecified atom stereocenters. The number of benzene rings is 1. The molecule has 5 heteroatoms. The first-order valence-corrected chi connectivity index (χ1v) is 6.43. The maximum Gasteiger partial charge on any atom is 0.271 e. The summed E-state index contributed by atoms with van der Waals surface area (Å²) < 4.78 is 0. The molecule has 0 spiro atoms. The number of likely N-dealkylation sites (N-methyl/N-ethyl adjacent to an activating group) is 1. The first-order chi connectivity index (χ1) is 9.20. The van der Waals surface area contributed by atoms with Gasteiger partial charge in [0.2, 0.25) is 0 Å². The lowest BCUT2D eigenvalue weighted by Gasteiger charge is -2.05. The average Bonchev–Trinajstić information content (AvgIpc) is 2.42.